The van der Waals surface area contributed by atoms with Crippen molar-refractivity contribution in [2.75, 3.05) is 25.0 Å². The number of amides is 1. The monoisotopic (exact) mass is 408 g/mol. The van der Waals surface area contributed by atoms with Gasteiger partial charge in [0.1, 0.15) is 5.82 Å². The molecular formula is C16H23Cl3N4O2. The molecule has 1 aliphatic carbocycles. The molecule has 1 saturated heterocycles. The second-order valence-corrected chi connectivity index (χ2v) is 6.65. The molecule has 0 unspecified atom stereocenters. The van der Waals surface area contributed by atoms with E-state index in [2.05, 4.69) is 15.2 Å². The van der Waals surface area contributed by atoms with E-state index in [4.69, 9.17) is 16.8 Å². The van der Waals surface area contributed by atoms with Crippen LogP contribution in [-0.2, 0) is 4.79 Å². The number of carbonyl (C=O) groups excluding carboxylic acids is 1. The molecule has 0 radical (unpaired) electrons. The number of rotatable bonds is 6. The standard InChI is InChI=1S/C16H21ClN4O2.2ClH/c17-14-7-12(3-4-15(22)20-23)8-18-16(14)19-13-5-6-21(10-13)9-11-1-2-11;;/h3-4,7-8,11,13,23H,1-2,5-6,9-10H2,(H,18,19)(H,20,22);2*1H/b4-3+;;/t13-;;/m1../s1. The fourth-order valence-corrected chi connectivity index (χ4v) is 3.06. The van der Waals surface area contributed by atoms with E-state index < -0.39 is 5.91 Å². The minimum absolute atomic E-state index is 0. The summed E-state index contributed by atoms with van der Waals surface area (Å²) in [7, 11) is 0. The number of carbonyl (C=O) groups is 1. The lowest BCUT2D eigenvalue weighted by Crippen LogP contribution is -2.28. The number of nitrogens with one attached hydrogen (secondary N) is 2. The summed E-state index contributed by atoms with van der Waals surface area (Å²) < 4.78 is 0. The van der Waals surface area contributed by atoms with Crippen molar-refractivity contribution in [1.82, 2.24) is 15.4 Å². The van der Waals surface area contributed by atoms with Gasteiger partial charge in [-0.15, -0.1) is 24.8 Å². The van der Waals surface area contributed by atoms with Crippen LogP contribution in [0.25, 0.3) is 6.08 Å². The maximum Gasteiger partial charge on any atom is 0.267 e. The largest absolute Gasteiger partial charge is 0.365 e. The number of hydrogen-bond acceptors (Lipinski definition) is 5. The van der Waals surface area contributed by atoms with Crippen molar-refractivity contribution in [2.45, 2.75) is 25.3 Å². The topological polar surface area (TPSA) is 77.5 Å². The Kier molecular flexibility index (Phi) is 8.96. The van der Waals surface area contributed by atoms with Crippen LogP contribution >= 0.6 is 36.4 Å². The van der Waals surface area contributed by atoms with Crippen molar-refractivity contribution in [3.63, 3.8) is 0 Å². The smallest absolute Gasteiger partial charge is 0.267 e. The molecule has 3 N–H and O–H groups in total. The van der Waals surface area contributed by atoms with E-state index in [-0.39, 0.29) is 24.8 Å². The van der Waals surface area contributed by atoms with E-state index in [1.165, 1.54) is 30.9 Å². The van der Waals surface area contributed by atoms with Crippen molar-refractivity contribution < 1.29 is 10.0 Å². The second-order valence-electron chi connectivity index (χ2n) is 6.24. The van der Waals surface area contributed by atoms with Gasteiger partial charge in [0.2, 0.25) is 0 Å². The first-order chi connectivity index (χ1) is 11.1. The van der Waals surface area contributed by atoms with Crippen molar-refractivity contribution in [3.05, 3.63) is 28.9 Å². The first-order valence-corrected chi connectivity index (χ1v) is 8.28. The molecule has 6 nitrogen and oxygen atoms in total. The van der Waals surface area contributed by atoms with Gasteiger partial charge < -0.3 is 10.2 Å². The van der Waals surface area contributed by atoms with Crippen LogP contribution in [0.1, 0.15) is 24.8 Å². The third kappa shape index (κ3) is 6.64. The molecule has 9 heteroatoms. The van der Waals surface area contributed by atoms with Gasteiger partial charge in [-0.2, -0.15) is 0 Å². The van der Waals surface area contributed by atoms with E-state index in [1.54, 1.807) is 18.3 Å². The zero-order valence-electron chi connectivity index (χ0n) is 13.7. The first-order valence-electron chi connectivity index (χ1n) is 7.90. The number of anilines is 1. The highest BCUT2D eigenvalue weighted by Crippen LogP contribution is 2.31. The summed E-state index contributed by atoms with van der Waals surface area (Å²) in [5.74, 6) is 0.997. The van der Waals surface area contributed by atoms with E-state index in [0.29, 0.717) is 22.4 Å². The molecule has 2 fully saturated rings. The Bertz CT molecular complexity index is 611. The van der Waals surface area contributed by atoms with Gasteiger partial charge >= 0.3 is 0 Å². The van der Waals surface area contributed by atoms with Gasteiger partial charge in [-0.3, -0.25) is 10.0 Å². The SMILES string of the molecule is Cl.Cl.O=C(/C=C/c1cnc(N[C@@H]2CCN(CC3CC3)C2)c(Cl)c1)NO. The quantitative estimate of drug-likeness (QED) is 0.382. The number of hydrogen-bond donors (Lipinski definition) is 3. The summed E-state index contributed by atoms with van der Waals surface area (Å²) in [6, 6.07) is 2.12. The maximum atomic E-state index is 11.0. The summed E-state index contributed by atoms with van der Waals surface area (Å²) in [5, 5.41) is 12.4. The van der Waals surface area contributed by atoms with Crippen LogP contribution in [0.3, 0.4) is 0 Å². The minimum Gasteiger partial charge on any atom is -0.365 e. The average molecular weight is 410 g/mol. The van der Waals surface area contributed by atoms with E-state index in [1.807, 2.05) is 0 Å². The Labute approximate surface area is 164 Å². The van der Waals surface area contributed by atoms with Crippen LogP contribution in [0.2, 0.25) is 5.02 Å². The average Bonchev–Trinajstić information content (AvgIpc) is 3.25. The molecule has 0 bridgehead atoms. The molecule has 1 atom stereocenters. The van der Waals surface area contributed by atoms with Crippen molar-refractivity contribution in [2.24, 2.45) is 5.92 Å². The number of likely N-dealkylation sites (tertiary alicyclic amines) is 1. The summed E-state index contributed by atoms with van der Waals surface area (Å²) >= 11 is 6.27. The van der Waals surface area contributed by atoms with Gasteiger partial charge in [-0.25, -0.2) is 10.5 Å². The van der Waals surface area contributed by atoms with Crippen LogP contribution in [0.15, 0.2) is 18.3 Å². The normalized spacial score (nSPS) is 20.0. The Morgan fingerprint density at radius 2 is 2.16 bits per heavy atom. The lowest BCUT2D eigenvalue weighted by atomic mass is 10.2. The summed E-state index contributed by atoms with van der Waals surface area (Å²) in [6.07, 6.45) is 8.26. The molecule has 2 aliphatic rings. The van der Waals surface area contributed by atoms with Crippen LogP contribution in [-0.4, -0.2) is 46.7 Å². The zero-order chi connectivity index (χ0) is 16.2. The zero-order valence-corrected chi connectivity index (χ0v) is 16.0. The lowest BCUT2D eigenvalue weighted by molar-refractivity contribution is -0.124. The highest BCUT2D eigenvalue weighted by molar-refractivity contribution is 6.33. The Morgan fingerprint density at radius 3 is 2.80 bits per heavy atom. The summed E-state index contributed by atoms with van der Waals surface area (Å²) in [4.78, 5) is 17.8. The predicted molar refractivity (Wildman–Crippen MR) is 104 cm³/mol. The Balaban J connectivity index is 0.00000156. The fraction of sp³-hybridized carbons (Fsp3) is 0.500. The molecule has 140 valence electrons. The van der Waals surface area contributed by atoms with Crippen molar-refractivity contribution >= 4 is 54.2 Å². The fourth-order valence-electron chi connectivity index (χ4n) is 2.83. The second kappa shape index (κ2) is 10.2. The maximum absolute atomic E-state index is 11.0. The van der Waals surface area contributed by atoms with Gasteiger partial charge in [0, 0.05) is 37.9 Å². The van der Waals surface area contributed by atoms with E-state index in [9.17, 15) is 4.79 Å². The highest BCUT2D eigenvalue weighted by atomic mass is 35.5. The predicted octanol–water partition coefficient (Wildman–Crippen LogP) is 2.99. The van der Waals surface area contributed by atoms with Crippen LogP contribution < -0.4 is 10.8 Å². The molecule has 3 rings (SSSR count). The number of pyridine rings is 1. The van der Waals surface area contributed by atoms with Gasteiger partial charge in [-0.05, 0) is 42.9 Å². The van der Waals surface area contributed by atoms with Crippen LogP contribution in [0.5, 0.6) is 0 Å². The van der Waals surface area contributed by atoms with Crippen LogP contribution in [0, 0.1) is 5.92 Å². The third-order valence-corrected chi connectivity index (χ3v) is 4.51. The lowest BCUT2D eigenvalue weighted by Gasteiger charge is -2.17. The van der Waals surface area contributed by atoms with Crippen molar-refractivity contribution in [1.29, 1.82) is 0 Å². The molecule has 1 aromatic rings. The number of hydroxylamine groups is 1. The van der Waals surface area contributed by atoms with Crippen molar-refractivity contribution in [3.8, 4) is 0 Å². The van der Waals surface area contributed by atoms with Gasteiger partial charge in [0.15, 0.2) is 0 Å². The molecule has 1 amide bonds. The number of nitrogens with zero attached hydrogens (tertiary/aromatic N) is 2. The minimum atomic E-state index is -0.593. The van der Waals surface area contributed by atoms with E-state index in [0.717, 1.165) is 25.4 Å². The molecule has 1 aromatic heterocycles. The van der Waals surface area contributed by atoms with Gasteiger partial charge in [0.25, 0.3) is 5.91 Å². The van der Waals surface area contributed by atoms with Gasteiger partial charge in [-0.1, -0.05) is 11.6 Å². The number of aromatic nitrogens is 1. The molecular weight excluding hydrogens is 387 g/mol. The molecule has 2 heterocycles. The molecule has 0 aromatic carbocycles. The Morgan fingerprint density at radius 1 is 1.40 bits per heavy atom. The molecule has 1 saturated carbocycles. The molecule has 25 heavy (non-hydrogen) atoms. The molecule has 0 spiro atoms. The summed E-state index contributed by atoms with van der Waals surface area (Å²) in [6.45, 7) is 3.38. The highest BCUT2D eigenvalue weighted by Gasteiger charge is 2.29. The third-order valence-electron chi connectivity index (χ3n) is 4.23. The summed E-state index contributed by atoms with van der Waals surface area (Å²) in [5.41, 5.74) is 2.24. The Hall–Kier alpha value is -1.05. The van der Waals surface area contributed by atoms with Gasteiger partial charge in [0.05, 0.1) is 5.02 Å². The van der Waals surface area contributed by atoms with E-state index >= 15 is 0 Å². The molecule has 1 aliphatic heterocycles. The van der Waals surface area contributed by atoms with Crippen LogP contribution in [0.4, 0.5) is 5.82 Å². The number of halogens is 3. The first kappa shape index (κ1) is 22.0.